The molecule has 1 aromatic carbocycles. The third-order valence-corrected chi connectivity index (χ3v) is 3.28. The highest BCUT2D eigenvalue weighted by Gasteiger charge is 2.05. The zero-order valence-electron chi connectivity index (χ0n) is 13.9. The number of aliphatic imine (C=N–C) groups is 1. The number of ether oxygens (including phenoxy) is 3. The van der Waals surface area contributed by atoms with Crippen LogP contribution >= 0.6 is 35.6 Å². The molecule has 1 aromatic heterocycles. The summed E-state index contributed by atoms with van der Waals surface area (Å²) in [5.74, 6) is 1.88. The molecule has 0 spiro atoms. The Labute approximate surface area is 168 Å². The van der Waals surface area contributed by atoms with Gasteiger partial charge in [0.05, 0.1) is 20.8 Å². The lowest BCUT2D eigenvalue weighted by atomic mass is 10.3. The van der Waals surface area contributed by atoms with Gasteiger partial charge < -0.3 is 25.3 Å². The van der Waals surface area contributed by atoms with Gasteiger partial charge in [-0.25, -0.2) is 9.98 Å². The summed E-state index contributed by atoms with van der Waals surface area (Å²) in [6, 6.07) is 8.80. The van der Waals surface area contributed by atoms with Gasteiger partial charge in [-0.1, -0.05) is 11.6 Å². The van der Waals surface area contributed by atoms with Crippen molar-refractivity contribution in [2.45, 2.75) is 0 Å². The Hall–Kier alpha value is -1.94. The van der Waals surface area contributed by atoms with Crippen LogP contribution in [0.2, 0.25) is 5.02 Å². The van der Waals surface area contributed by atoms with Gasteiger partial charge in [-0.05, 0) is 24.3 Å². The summed E-state index contributed by atoms with van der Waals surface area (Å²) < 4.78 is 15.8. The lowest BCUT2D eigenvalue weighted by Crippen LogP contribution is -2.23. The zero-order chi connectivity index (χ0) is 17.4. The normalized spacial score (nSPS) is 10.6. The average molecular weight is 479 g/mol. The van der Waals surface area contributed by atoms with E-state index in [2.05, 4.69) is 15.3 Å². The number of benzene rings is 1. The predicted octanol–water partition coefficient (Wildman–Crippen LogP) is 3.18. The van der Waals surface area contributed by atoms with Crippen LogP contribution in [-0.2, 0) is 0 Å². The van der Waals surface area contributed by atoms with E-state index in [1.54, 1.807) is 44.7 Å². The van der Waals surface area contributed by atoms with Crippen molar-refractivity contribution in [3.8, 4) is 17.4 Å². The van der Waals surface area contributed by atoms with E-state index in [9.17, 15) is 0 Å². The summed E-state index contributed by atoms with van der Waals surface area (Å²) >= 11 is 5.94. The molecule has 9 heteroatoms. The molecule has 0 aliphatic rings. The minimum Gasteiger partial charge on any atom is -0.493 e. The number of rotatable bonds is 7. The second kappa shape index (κ2) is 10.8. The maximum atomic E-state index is 5.94. The molecule has 0 aliphatic heterocycles. The highest BCUT2D eigenvalue weighted by Crippen LogP contribution is 2.29. The summed E-state index contributed by atoms with van der Waals surface area (Å²) in [5.41, 5.74) is 6.59. The van der Waals surface area contributed by atoms with Gasteiger partial charge in [-0.2, -0.15) is 0 Å². The number of nitrogens with one attached hydrogen (secondary N) is 1. The maximum Gasteiger partial charge on any atom is 0.232 e. The minimum absolute atomic E-state index is 0. The predicted molar refractivity (Wildman–Crippen MR) is 110 cm³/mol. The molecule has 0 atom stereocenters. The first kappa shape index (κ1) is 21.1. The average Bonchev–Trinajstić information content (AvgIpc) is 2.60. The lowest BCUT2D eigenvalue weighted by Gasteiger charge is -2.11. The molecule has 0 aliphatic carbocycles. The van der Waals surface area contributed by atoms with E-state index < -0.39 is 0 Å². The number of hydrogen-bond acceptors (Lipinski definition) is 5. The van der Waals surface area contributed by atoms with Crippen molar-refractivity contribution < 1.29 is 14.2 Å². The molecule has 0 radical (unpaired) electrons. The Morgan fingerprint density at radius 3 is 2.68 bits per heavy atom. The van der Waals surface area contributed by atoms with Crippen molar-refractivity contribution >= 4 is 47.2 Å². The number of nitrogens with zero attached hydrogens (tertiary/aromatic N) is 2. The fourth-order valence-corrected chi connectivity index (χ4v) is 2.06. The van der Waals surface area contributed by atoms with E-state index in [1.807, 2.05) is 6.07 Å². The highest BCUT2D eigenvalue weighted by atomic mass is 127. The lowest BCUT2D eigenvalue weighted by molar-refractivity contribution is 0.316. The number of methoxy groups -OCH3 is 2. The number of guanidine groups is 1. The van der Waals surface area contributed by atoms with Crippen LogP contribution in [0.15, 0.2) is 41.5 Å². The molecule has 25 heavy (non-hydrogen) atoms. The third-order valence-electron chi connectivity index (χ3n) is 2.99. The van der Waals surface area contributed by atoms with Gasteiger partial charge in [0.2, 0.25) is 5.88 Å². The molecule has 136 valence electrons. The quantitative estimate of drug-likeness (QED) is 0.275. The van der Waals surface area contributed by atoms with E-state index >= 15 is 0 Å². The van der Waals surface area contributed by atoms with Gasteiger partial charge in [0.1, 0.15) is 11.6 Å². The van der Waals surface area contributed by atoms with Crippen LogP contribution in [0.25, 0.3) is 0 Å². The first-order valence-electron chi connectivity index (χ1n) is 7.16. The van der Waals surface area contributed by atoms with Crippen LogP contribution < -0.4 is 25.3 Å². The third kappa shape index (κ3) is 6.46. The summed E-state index contributed by atoms with van der Waals surface area (Å²) in [5, 5.41) is 3.43. The molecule has 2 aromatic rings. The highest BCUT2D eigenvalue weighted by molar-refractivity contribution is 14.0. The van der Waals surface area contributed by atoms with Crippen molar-refractivity contribution in [3.05, 3.63) is 41.6 Å². The SMILES string of the molecule is COc1ccc(NC(N)=NCCOc2ncccc2Cl)cc1OC.I. The molecule has 0 bridgehead atoms. The molecular formula is C16H20ClIN4O3. The molecule has 3 N–H and O–H groups in total. The second-order valence-electron chi connectivity index (χ2n) is 4.60. The van der Waals surface area contributed by atoms with Crippen LogP contribution in [-0.4, -0.2) is 38.3 Å². The van der Waals surface area contributed by atoms with E-state index in [0.717, 1.165) is 5.69 Å². The number of aromatic nitrogens is 1. The van der Waals surface area contributed by atoms with Crippen LogP contribution in [0, 0.1) is 0 Å². The first-order valence-corrected chi connectivity index (χ1v) is 7.54. The smallest absolute Gasteiger partial charge is 0.232 e. The Kier molecular flexibility index (Phi) is 9.14. The fourth-order valence-electron chi connectivity index (χ4n) is 1.89. The monoisotopic (exact) mass is 478 g/mol. The van der Waals surface area contributed by atoms with Crippen LogP contribution in [0.4, 0.5) is 5.69 Å². The molecule has 0 saturated heterocycles. The van der Waals surface area contributed by atoms with Gasteiger partial charge in [0, 0.05) is 18.0 Å². The van der Waals surface area contributed by atoms with Crippen LogP contribution in [0.3, 0.4) is 0 Å². The molecule has 0 saturated carbocycles. The van der Waals surface area contributed by atoms with E-state index in [4.69, 9.17) is 31.5 Å². The van der Waals surface area contributed by atoms with Crippen molar-refractivity contribution in [2.75, 3.05) is 32.7 Å². The van der Waals surface area contributed by atoms with Gasteiger partial charge in [-0.3, -0.25) is 0 Å². The van der Waals surface area contributed by atoms with Crippen LogP contribution in [0.1, 0.15) is 0 Å². The number of anilines is 1. The second-order valence-corrected chi connectivity index (χ2v) is 5.01. The zero-order valence-corrected chi connectivity index (χ0v) is 16.9. The number of hydrogen-bond donors (Lipinski definition) is 2. The van der Waals surface area contributed by atoms with Crippen molar-refractivity contribution in [1.82, 2.24) is 4.98 Å². The van der Waals surface area contributed by atoms with Gasteiger partial charge in [-0.15, -0.1) is 24.0 Å². The standard InChI is InChI=1S/C16H19ClN4O3.HI/c1-22-13-6-5-11(10-14(13)23-2)21-16(18)20-8-9-24-15-12(17)4-3-7-19-15;/h3-7,10H,8-9H2,1-2H3,(H3,18,20,21);1H. The largest absolute Gasteiger partial charge is 0.493 e. The molecule has 0 fully saturated rings. The summed E-state index contributed by atoms with van der Waals surface area (Å²) in [7, 11) is 3.15. The fraction of sp³-hybridized carbons (Fsp3) is 0.250. The van der Waals surface area contributed by atoms with Gasteiger partial charge >= 0.3 is 0 Å². The van der Waals surface area contributed by atoms with E-state index in [-0.39, 0.29) is 29.9 Å². The molecule has 1 heterocycles. The van der Waals surface area contributed by atoms with Crippen molar-refractivity contribution in [1.29, 1.82) is 0 Å². The van der Waals surface area contributed by atoms with E-state index in [1.165, 1.54) is 0 Å². The maximum absolute atomic E-state index is 5.94. The van der Waals surface area contributed by atoms with Gasteiger partial charge in [0.15, 0.2) is 17.5 Å². The van der Waals surface area contributed by atoms with Crippen molar-refractivity contribution in [2.24, 2.45) is 10.7 Å². The molecular weight excluding hydrogens is 459 g/mol. The minimum atomic E-state index is 0. The summed E-state index contributed by atoms with van der Waals surface area (Å²) in [4.78, 5) is 8.20. The van der Waals surface area contributed by atoms with Crippen LogP contribution in [0.5, 0.6) is 17.4 Å². The Morgan fingerprint density at radius 1 is 1.24 bits per heavy atom. The number of halogens is 2. The van der Waals surface area contributed by atoms with Gasteiger partial charge in [0.25, 0.3) is 0 Å². The molecule has 0 amide bonds. The van der Waals surface area contributed by atoms with E-state index in [0.29, 0.717) is 35.6 Å². The Bertz CT molecular complexity index is 716. The summed E-state index contributed by atoms with van der Waals surface area (Å²) in [6.07, 6.45) is 1.61. The molecule has 7 nitrogen and oxygen atoms in total. The molecule has 0 unspecified atom stereocenters. The molecule has 2 rings (SSSR count). The number of nitrogens with two attached hydrogens (primary N) is 1. The van der Waals surface area contributed by atoms with Crippen molar-refractivity contribution in [3.63, 3.8) is 0 Å². The first-order chi connectivity index (χ1) is 11.6. The number of pyridine rings is 1. The Morgan fingerprint density at radius 2 is 2.00 bits per heavy atom. The topological polar surface area (TPSA) is 91.0 Å². The summed E-state index contributed by atoms with van der Waals surface area (Å²) in [6.45, 7) is 0.671. The Balaban J connectivity index is 0.00000312.